The van der Waals surface area contributed by atoms with Crippen molar-refractivity contribution in [1.29, 1.82) is 0 Å². The van der Waals surface area contributed by atoms with Crippen LogP contribution in [0.5, 0.6) is 0 Å². The van der Waals surface area contributed by atoms with Crippen molar-refractivity contribution in [1.82, 2.24) is 9.97 Å². The Morgan fingerprint density at radius 1 is 0.950 bits per heavy atom. The van der Waals surface area contributed by atoms with Crippen LogP contribution in [0.1, 0.15) is 19.3 Å². The summed E-state index contributed by atoms with van der Waals surface area (Å²) in [5.41, 5.74) is -1.67. The van der Waals surface area contributed by atoms with E-state index >= 15 is 0 Å². The highest BCUT2D eigenvalue weighted by Gasteiger charge is 2.39. The number of carbonyl (C=O) groups excluding carboxylic acids is 2. The highest BCUT2D eigenvalue weighted by atomic mass is 16.4. The average molecular weight is 280 g/mol. The second-order valence-corrected chi connectivity index (χ2v) is 4.13. The van der Waals surface area contributed by atoms with Gasteiger partial charge in [0, 0.05) is 5.41 Å². The van der Waals surface area contributed by atoms with Crippen LogP contribution in [0.25, 0.3) is 0 Å². The van der Waals surface area contributed by atoms with Gasteiger partial charge in [-0.2, -0.15) is 0 Å². The number of aliphatic carboxylic acids is 2. The quantitative estimate of drug-likeness (QED) is 0.578. The number of carboxylic acids is 2. The maximum atomic E-state index is 10.2. The summed E-state index contributed by atoms with van der Waals surface area (Å²) >= 11 is 0. The van der Waals surface area contributed by atoms with Crippen LogP contribution in [0, 0.1) is 5.41 Å². The number of carboxylic acid groups (broad SMARTS) is 2. The van der Waals surface area contributed by atoms with Gasteiger partial charge in [-0.15, -0.1) is 0 Å². The van der Waals surface area contributed by atoms with Crippen molar-refractivity contribution in [3.8, 4) is 0 Å². The molecule has 1 fully saturated rings. The summed E-state index contributed by atoms with van der Waals surface area (Å²) in [4.78, 5) is 31.6. The molecule has 2 aromatic heterocycles. The Kier molecular flexibility index (Phi) is 5.95. The molecule has 1 saturated carbocycles. The molecule has 1 aliphatic rings. The number of aromatic nitrogens is 4. The number of carbonyl (C=O) groups is 2. The van der Waals surface area contributed by atoms with E-state index in [1.807, 2.05) is 24.8 Å². The number of imidazole rings is 2. The minimum Gasteiger partial charge on any atom is -0.549 e. The first-order valence-corrected chi connectivity index (χ1v) is 6.00. The van der Waals surface area contributed by atoms with Crippen LogP contribution in [-0.4, -0.2) is 21.9 Å². The molecule has 8 nitrogen and oxygen atoms in total. The molecule has 0 aliphatic heterocycles. The second-order valence-electron chi connectivity index (χ2n) is 4.13. The van der Waals surface area contributed by atoms with E-state index in [0.717, 1.165) is 0 Å². The molecule has 0 atom stereocenters. The van der Waals surface area contributed by atoms with E-state index in [-0.39, 0.29) is 12.8 Å². The van der Waals surface area contributed by atoms with Crippen LogP contribution in [-0.2, 0) is 9.59 Å². The maximum absolute atomic E-state index is 10.2. The molecule has 2 heterocycles. The second kappa shape index (κ2) is 7.72. The summed E-state index contributed by atoms with van der Waals surface area (Å²) < 4.78 is 0. The first-order valence-electron chi connectivity index (χ1n) is 6.00. The van der Waals surface area contributed by atoms with Crippen LogP contribution in [0.2, 0.25) is 0 Å². The lowest BCUT2D eigenvalue weighted by atomic mass is 9.69. The molecule has 0 aromatic carbocycles. The predicted molar refractivity (Wildman–Crippen MR) is 61.0 cm³/mol. The molecule has 2 aromatic rings. The minimum absolute atomic E-state index is 0.150. The van der Waals surface area contributed by atoms with Gasteiger partial charge in [-0.3, -0.25) is 19.9 Å². The summed E-state index contributed by atoms with van der Waals surface area (Å²) in [7, 11) is 0. The van der Waals surface area contributed by atoms with Crippen molar-refractivity contribution in [2.24, 2.45) is 5.41 Å². The van der Waals surface area contributed by atoms with Gasteiger partial charge in [-0.05, 0) is 12.8 Å². The van der Waals surface area contributed by atoms with E-state index in [1.165, 1.54) is 0 Å². The first kappa shape index (κ1) is 15.4. The van der Waals surface area contributed by atoms with E-state index in [2.05, 4.69) is 19.9 Å². The predicted octanol–water partition coefficient (Wildman–Crippen LogP) is -2.69. The van der Waals surface area contributed by atoms with Gasteiger partial charge in [0.25, 0.3) is 0 Å². The SMILES string of the molecule is O=C([O-])C1(C(=O)[O-])CCC1.c1c[nH+]c[nH]1.c1c[nH+]c[nH]1. The monoisotopic (exact) mass is 280 g/mol. The van der Waals surface area contributed by atoms with Crippen molar-refractivity contribution < 1.29 is 29.8 Å². The summed E-state index contributed by atoms with van der Waals surface area (Å²) in [5.74, 6) is -3.03. The molecular formula is C12H16N4O4. The van der Waals surface area contributed by atoms with E-state index in [0.29, 0.717) is 6.42 Å². The van der Waals surface area contributed by atoms with Gasteiger partial charge in [0.05, 0.1) is 11.9 Å². The van der Waals surface area contributed by atoms with Gasteiger partial charge in [0.1, 0.15) is 24.8 Å². The Labute approximate surface area is 114 Å². The number of hydrogen-bond acceptors (Lipinski definition) is 4. The summed E-state index contributed by atoms with van der Waals surface area (Å²) in [6.07, 6.45) is 11.7. The van der Waals surface area contributed by atoms with E-state index < -0.39 is 17.4 Å². The molecular weight excluding hydrogens is 264 g/mol. The third-order valence-electron chi connectivity index (χ3n) is 2.87. The number of aromatic amines is 4. The van der Waals surface area contributed by atoms with Crippen molar-refractivity contribution in [2.45, 2.75) is 19.3 Å². The highest BCUT2D eigenvalue weighted by molar-refractivity contribution is 5.97. The molecule has 0 radical (unpaired) electrons. The van der Waals surface area contributed by atoms with Crippen molar-refractivity contribution in [3.63, 3.8) is 0 Å². The lowest BCUT2D eigenvalue weighted by molar-refractivity contribution is -0.376. The van der Waals surface area contributed by atoms with E-state index in [1.54, 1.807) is 12.7 Å². The third kappa shape index (κ3) is 4.23. The summed E-state index contributed by atoms with van der Waals surface area (Å²) in [6.45, 7) is 0. The largest absolute Gasteiger partial charge is 0.549 e. The normalized spacial score (nSPS) is 14.6. The molecule has 8 heteroatoms. The average Bonchev–Trinajstić information content (AvgIpc) is 3.06. The van der Waals surface area contributed by atoms with E-state index in [4.69, 9.17) is 0 Å². The zero-order chi connectivity index (χ0) is 14.8. The highest BCUT2D eigenvalue weighted by Crippen LogP contribution is 2.39. The molecule has 3 rings (SSSR count). The van der Waals surface area contributed by atoms with Gasteiger partial charge in [0.2, 0.25) is 12.7 Å². The van der Waals surface area contributed by atoms with Gasteiger partial charge < -0.3 is 19.8 Å². The zero-order valence-electron chi connectivity index (χ0n) is 10.7. The molecule has 0 saturated heterocycles. The molecule has 4 N–H and O–H groups in total. The fourth-order valence-electron chi connectivity index (χ4n) is 1.50. The Morgan fingerprint density at radius 3 is 1.45 bits per heavy atom. The Hall–Kier alpha value is -2.64. The molecule has 20 heavy (non-hydrogen) atoms. The number of nitrogens with one attached hydrogen (secondary N) is 4. The van der Waals surface area contributed by atoms with Crippen LogP contribution < -0.4 is 20.2 Å². The van der Waals surface area contributed by atoms with Gasteiger partial charge >= 0.3 is 0 Å². The van der Waals surface area contributed by atoms with Gasteiger partial charge in [-0.1, -0.05) is 6.42 Å². The number of hydrogen-bond donors (Lipinski definition) is 2. The fraction of sp³-hybridized carbons (Fsp3) is 0.333. The van der Waals surface area contributed by atoms with Crippen molar-refractivity contribution in [2.75, 3.05) is 0 Å². The molecule has 0 spiro atoms. The zero-order valence-corrected chi connectivity index (χ0v) is 10.7. The first-order chi connectivity index (χ1) is 9.59. The van der Waals surface area contributed by atoms with Crippen LogP contribution in [0.15, 0.2) is 37.4 Å². The topological polar surface area (TPSA) is 140 Å². The Bertz CT molecular complexity index is 415. The van der Waals surface area contributed by atoms with E-state index in [9.17, 15) is 19.8 Å². The molecule has 0 amide bonds. The van der Waals surface area contributed by atoms with Crippen LogP contribution >= 0.6 is 0 Å². The summed E-state index contributed by atoms with van der Waals surface area (Å²) in [5, 5.41) is 20.4. The van der Waals surface area contributed by atoms with Crippen LogP contribution in [0.3, 0.4) is 0 Å². The minimum atomic E-state index is -1.67. The number of H-pyrrole nitrogens is 4. The molecule has 0 unspecified atom stereocenters. The third-order valence-corrected chi connectivity index (χ3v) is 2.87. The lowest BCUT2D eigenvalue weighted by Crippen LogP contribution is -2.57. The summed E-state index contributed by atoms with van der Waals surface area (Å²) in [6, 6.07) is 0. The van der Waals surface area contributed by atoms with Gasteiger partial charge in [0.15, 0.2) is 0 Å². The van der Waals surface area contributed by atoms with Gasteiger partial charge in [-0.25, -0.2) is 0 Å². The molecule has 0 bridgehead atoms. The fourth-order valence-corrected chi connectivity index (χ4v) is 1.50. The standard InChI is InChI=1S/C6H8O4.2C3H4N2/c7-4(8)6(5(9)10)2-1-3-6;2*1-2-5-3-4-1/h1-3H2,(H,7,8)(H,9,10);2*1-3H,(H,4,5). The van der Waals surface area contributed by atoms with Crippen LogP contribution in [0.4, 0.5) is 0 Å². The Balaban J connectivity index is 0.000000167. The lowest BCUT2D eigenvalue weighted by Gasteiger charge is -2.43. The Morgan fingerprint density at radius 2 is 1.40 bits per heavy atom. The molecule has 1 aliphatic carbocycles. The molecule has 108 valence electrons. The smallest absolute Gasteiger partial charge is 0.239 e. The number of rotatable bonds is 2. The van der Waals surface area contributed by atoms with Crippen molar-refractivity contribution in [3.05, 3.63) is 37.4 Å². The maximum Gasteiger partial charge on any atom is 0.239 e. The van der Waals surface area contributed by atoms with Crippen molar-refractivity contribution >= 4 is 11.9 Å².